The topological polar surface area (TPSA) is 104 Å². The summed E-state index contributed by atoms with van der Waals surface area (Å²) in [6.45, 7) is 8.87. The van der Waals surface area contributed by atoms with Crippen LogP contribution in [-0.2, 0) is 17.4 Å². The van der Waals surface area contributed by atoms with Crippen LogP contribution in [0.25, 0.3) is 0 Å². The molecule has 8 nitrogen and oxygen atoms in total. The van der Waals surface area contributed by atoms with Gasteiger partial charge in [-0.2, -0.15) is 5.10 Å². The summed E-state index contributed by atoms with van der Waals surface area (Å²) >= 11 is 0. The number of nitrogens with zero attached hydrogens (tertiary/aromatic N) is 3. The number of hydrogen-bond acceptors (Lipinski definition) is 4. The maximum Gasteiger partial charge on any atom is 0.221 e. The van der Waals surface area contributed by atoms with Crippen LogP contribution in [0.2, 0.25) is 0 Å². The number of amides is 1. The zero-order valence-corrected chi connectivity index (χ0v) is 15.3. The third-order valence-electron chi connectivity index (χ3n) is 3.31. The van der Waals surface area contributed by atoms with E-state index in [9.17, 15) is 9.90 Å². The lowest BCUT2D eigenvalue weighted by atomic mass is 10.0. The summed E-state index contributed by atoms with van der Waals surface area (Å²) in [4.78, 5) is 16.0. The SMILES string of the molecule is CCNC(=NCC(C)(O)c1cnn(C)c1)NCCC(=O)NC(C)C. The van der Waals surface area contributed by atoms with Crippen molar-refractivity contribution in [1.82, 2.24) is 25.7 Å². The molecule has 1 unspecified atom stereocenters. The van der Waals surface area contributed by atoms with Gasteiger partial charge in [-0.3, -0.25) is 9.48 Å². The monoisotopic (exact) mass is 338 g/mol. The Balaban J connectivity index is 2.57. The molecule has 0 aliphatic heterocycles. The second kappa shape index (κ2) is 9.27. The van der Waals surface area contributed by atoms with Gasteiger partial charge in [0.1, 0.15) is 5.60 Å². The first-order chi connectivity index (χ1) is 11.2. The molecule has 0 aliphatic carbocycles. The number of hydrogen-bond donors (Lipinski definition) is 4. The molecule has 136 valence electrons. The first-order valence-electron chi connectivity index (χ1n) is 8.27. The smallest absolute Gasteiger partial charge is 0.221 e. The normalized spacial score (nSPS) is 14.4. The van der Waals surface area contributed by atoms with Gasteiger partial charge in [-0.25, -0.2) is 4.99 Å². The standard InChI is InChI=1S/C16H30N6O2/c1-6-17-15(18-8-7-14(23)21-12(2)3)19-11-16(4,24)13-9-20-22(5)10-13/h9-10,12,24H,6-8,11H2,1-5H3,(H,21,23)(H2,17,18,19). The second-order valence-electron chi connectivity index (χ2n) is 6.27. The maximum absolute atomic E-state index is 11.6. The van der Waals surface area contributed by atoms with Gasteiger partial charge in [-0.15, -0.1) is 0 Å². The van der Waals surface area contributed by atoms with Gasteiger partial charge < -0.3 is 21.1 Å². The number of aliphatic hydroxyl groups is 1. The van der Waals surface area contributed by atoms with Gasteiger partial charge in [0, 0.05) is 44.4 Å². The van der Waals surface area contributed by atoms with Gasteiger partial charge in [0.15, 0.2) is 5.96 Å². The van der Waals surface area contributed by atoms with Crippen molar-refractivity contribution in [2.45, 2.75) is 45.8 Å². The Kier molecular flexibility index (Phi) is 7.70. The Labute approximate surface area is 143 Å². The van der Waals surface area contributed by atoms with Crippen molar-refractivity contribution in [2.75, 3.05) is 19.6 Å². The molecule has 1 atom stereocenters. The summed E-state index contributed by atoms with van der Waals surface area (Å²) < 4.78 is 1.64. The third kappa shape index (κ3) is 6.99. The van der Waals surface area contributed by atoms with Crippen molar-refractivity contribution in [3.8, 4) is 0 Å². The summed E-state index contributed by atoms with van der Waals surface area (Å²) in [5.41, 5.74) is -0.396. The van der Waals surface area contributed by atoms with Crippen LogP contribution >= 0.6 is 0 Å². The van der Waals surface area contributed by atoms with Crippen LogP contribution < -0.4 is 16.0 Å². The van der Waals surface area contributed by atoms with Gasteiger partial charge in [0.05, 0.1) is 12.7 Å². The first kappa shape index (κ1) is 20.0. The molecule has 1 rings (SSSR count). The average Bonchev–Trinajstić information content (AvgIpc) is 2.91. The number of nitrogens with one attached hydrogen (secondary N) is 3. The molecule has 0 radical (unpaired) electrons. The molecule has 0 bridgehead atoms. The van der Waals surface area contributed by atoms with Crippen molar-refractivity contribution >= 4 is 11.9 Å². The van der Waals surface area contributed by atoms with E-state index in [0.717, 1.165) is 0 Å². The predicted octanol–water partition coefficient (Wildman–Crippen LogP) is 0.0974. The largest absolute Gasteiger partial charge is 0.383 e. The molecule has 8 heteroatoms. The minimum atomic E-state index is -1.11. The van der Waals surface area contributed by atoms with Gasteiger partial charge in [-0.05, 0) is 27.7 Å². The van der Waals surface area contributed by atoms with E-state index in [1.807, 2.05) is 20.8 Å². The lowest BCUT2D eigenvalue weighted by Gasteiger charge is -2.20. The Morgan fingerprint density at radius 3 is 2.71 bits per heavy atom. The quantitative estimate of drug-likeness (QED) is 0.397. The van der Waals surface area contributed by atoms with Crippen LogP contribution in [0.15, 0.2) is 17.4 Å². The van der Waals surface area contributed by atoms with E-state index in [1.165, 1.54) is 0 Å². The van der Waals surface area contributed by atoms with Gasteiger partial charge in [0.2, 0.25) is 5.91 Å². The molecule has 1 aromatic heterocycles. The number of carbonyl (C=O) groups excluding carboxylic acids is 1. The highest BCUT2D eigenvalue weighted by Gasteiger charge is 2.24. The number of aryl methyl sites for hydroxylation is 1. The van der Waals surface area contributed by atoms with Crippen molar-refractivity contribution in [2.24, 2.45) is 12.0 Å². The fourth-order valence-electron chi connectivity index (χ4n) is 2.05. The number of guanidine groups is 1. The summed E-state index contributed by atoms with van der Waals surface area (Å²) in [6, 6.07) is 0.133. The van der Waals surface area contributed by atoms with Gasteiger partial charge in [-0.1, -0.05) is 0 Å². The van der Waals surface area contributed by atoms with E-state index >= 15 is 0 Å². The third-order valence-corrected chi connectivity index (χ3v) is 3.31. The molecule has 0 fully saturated rings. The fraction of sp³-hybridized carbons (Fsp3) is 0.688. The molecule has 1 aromatic rings. The van der Waals surface area contributed by atoms with Crippen molar-refractivity contribution in [3.63, 3.8) is 0 Å². The van der Waals surface area contributed by atoms with Crippen molar-refractivity contribution in [1.29, 1.82) is 0 Å². The number of rotatable bonds is 8. The molecule has 1 amide bonds. The zero-order chi connectivity index (χ0) is 18.2. The molecule has 4 N–H and O–H groups in total. The number of aliphatic imine (C=N–C) groups is 1. The minimum Gasteiger partial charge on any atom is -0.383 e. The highest BCUT2D eigenvalue weighted by molar-refractivity contribution is 5.81. The molecule has 0 saturated heterocycles. The van der Waals surface area contributed by atoms with Crippen LogP contribution in [0.3, 0.4) is 0 Å². The van der Waals surface area contributed by atoms with Crippen LogP contribution in [-0.4, -0.2) is 52.4 Å². The Morgan fingerprint density at radius 1 is 1.46 bits per heavy atom. The molecular weight excluding hydrogens is 308 g/mol. The molecule has 24 heavy (non-hydrogen) atoms. The van der Waals surface area contributed by atoms with E-state index in [-0.39, 0.29) is 18.5 Å². The van der Waals surface area contributed by atoms with Crippen molar-refractivity contribution in [3.05, 3.63) is 18.0 Å². The summed E-state index contributed by atoms with van der Waals surface area (Å²) in [7, 11) is 1.80. The Bertz CT molecular complexity index is 551. The fourth-order valence-corrected chi connectivity index (χ4v) is 2.05. The highest BCUT2D eigenvalue weighted by Crippen LogP contribution is 2.19. The van der Waals surface area contributed by atoms with E-state index in [2.05, 4.69) is 26.0 Å². The molecular formula is C16H30N6O2. The predicted molar refractivity (Wildman–Crippen MR) is 94.7 cm³/mol. The Hall–Kier alpha value is -2.09. The molecule has 1 heterocycles. The van der Waals surface area contributed by atoms with Crippen LogP contribution in [0.5, 0.6) is 0 Å². The number of aromatic nitrogens is 2. The summed E-state index contributed by atoms with van der Waals surface area (Å²) in [5, 5.41) is 23.7. The second-order valence-corrected chi connectivity index (χ2v) is 6.27. The maximum atomic E-state index is 11.6. The number of carbonyl (C=O) groups is 1. The van der Waals surface area contributed by atoms with E-state index < -0.39 is 5.60 Å². The highest BCUT2D eigenvalue weighted by atomic mass is 16.3. The van der Waals surface area contributed by atoms with E-state index in [4.69, 9.17) is 0 Å². The molecule has 0 aliphatic rings. The van der Waals surface area contributed by atoms with Crippen LogP contribution in [0.1, 0.15) is 39.7 Å². The average molecular weight is 338 g/mol. The van der Waals surface area contributed by atoms with Gasteiger partial charge >= 0.3 is 0 Å². The van der Waals surface area contributed by atoms with E-state index in [1.54, 1.807) is 31.0 Å². The van der Waals surface area contributed by atoms with Crippen molar-refractivity contribution < 1.29 is 9.90 Å². The zero-order valence-electron chi connectivity index (χ0n) is 15.3. The van der Waals surface area contributed by atoms with E-state index in [0.29, 0.717) is 31.0 Å². The minimum absolute atomic E-state index is 0.00398. The lowest BCUT2D eigenvalue weighted by Crippen LogP contribution is -2.41. The summed E-state index contributed by atoms with van der Waals surface area (Å²) in [5.74, 6) is 0.565. The first-order valence-corrected chi connectivity index (χ1v) is 8.27. The molecule has 0 spiro atoms. The lowest BCUT2D eigenvalue weighted by molar-refractivity contribution is -0.121. The summed E-state index contributed by atoms with van der Waals surface area (Å²) in [6.07, 6.45) is 3.76. The van der Waals surface area contributed by atoms with Crippen LogP contribution in [0, 0.1) is 0 Å². The Morgan fingerprint density at radius 2 is 2.17 bits per heavy atom. The molecule has 0 saturated carbocycles. The molecule has 0 aromatic carbocycles. The van der Waals surface area contributed by atoms with Gasteiger partial charge in [0.25, 0.3) is 0 Å². The van der Waals surface area contributed by atoms with Crippen LogP contribution in [0.4, 0.5) is 0 Å².